The Morgan fingerprint density at radius 1 is 1.50 bits per heavy atom. The maximum absolute atomic E-state index is 5.72. The molecular weight excluding hydrogens is 176 g/mol. The van der Waals surface area contributed by atoms with Crippen LogP contribution in [0.1, 0.15) is 18.1 Å². The van der Waals surface area contributed by atoms with Crippen molar-refractivity contribution in [3.8, 4) is 5.75 Å². The van der Waals surface area contributed by atoms with Crippen molar-refractivity contribution in [1.82, 2.24) is 0 Å². The van der Waals surface area contributed by atoms with Gasteiger partial charge < -0.3 is 10.5 Å². The molecule has 0 radical (unpaired) electrons. The lowest BCUT2D eigenvalue weighted by Crippen LogP contribution is -2.13. The summed E-state index contributed by atoms with van der Waals surface area (Å²) >= 11 is 0. The maximum Gasteiger partial charge on any atom is 0.125 e. The average Bonchev–Trinajstić information content (AvgIpc) is 2.26. The zero-order chi connectivity index (χ0) is 10.6. The van der Waals surface area contributed by atoms with Crippen molar-refractivity contribution in [3.63, 3.8) is 0 Å². The number of methoxy groups -OCH3 is 1. The van der Waals surface area contributed by atoms with Gasteiger partial charge in [0.2, 0.25) is 0 Å². The van der Waals surface area contributed by atoms with E-state index in [4.69, 9.17) is 10.5 Å². The van der Waals surface area contributed by atoms with Crippen LogP contribution >= 0.6 is 0 Å². The van der Waals surface area contributed by atoms with Gasteiger partial charge in [-0.15, -0.1) is 0 Å². The van der Waals surface area contributed by atoms with Gasteiger partial charge in [-0.1, -0.05) is 6.92 Å². The SMILES string of the molecule is CCc1cc(C(N)=NC)ccc1OC. The number of ether oxygens (including phenoxy) is 1. The van der Waals surface area contributed by atoms with E-state index in [-0.39, 0.29) is 0 Å². The van der Waals surface area contributed by atoms with Crippen LogP contribution in [0.5, 0.6) is 5.75 Å². The minimum atomic E-state index is 0.558. The van der Waals surface area contributed by atoms with Gasteiger partial charge in [-0.2, -0.15) is 0 Å². The van der Waals surface area contributed by atoms with E-state index in [9.17, 15) is 0 Å². The zero-order valence-electron chi connectivity index (χ0n) is 8.87. The Hall–Kier alpha value is -1.51. The van der Waals surface area contributed by atoms with E-state index < -0.39 is 0 Å². The summed E-state index contributed by atoms with van der Waals surface area (Å²) in [5, 5.41) is 0. The minimum absolute atomic E-state index is 0.558. The highest BCUT2D eigenvalue weighted by atomic mass is 16.5. The number of aliphatic imine (C=N–C) groups is 1. The molecule has 0 amide bonds. The van der Waals surface area contributed by atoms with Crippen LogP contribution in [-0.4, -0.2) is 20.0 Å². The van der Waals surface area contributed by atoms with Crippen LogP contribution < -0.4 is 10.5 Å². The molecule has 0 aliphatic carbocycles. The van der Waals surface area contributed by atoms with Crippen LogP contribution in [0.3, 0.4) is 0 Å². The van der Waals surface area contributed by atoms with Crippen LogP contribution in [0.15, 0.2) is 23.2 Å². The lowest BCUT2D eigenvalue weighted by Gasteiger charge is -2.08. The number of rotatable bonds is 3. The Balaban J connectivity index is 3.14. The summed E-state index contributed by atoms with van der Waals surface area (Å²) in [5.41, 5.74) is 7.82. The summed E-state index contributed by atoms with van der Waals surface area (Å²) in [4.78, 5) is 3.94. The number of aryl methyl sites for hydroxylation is 1. The molecule has 3 heteroatoms. The summed E-state index contributed by atoms with van der Waals surface area (Å²) in [6.45, 7) is 2.08. The Bertz CT molecular complexity index is 345. The predicted octanol–water partition coefficient (Wildman–Crippen LogP) is 1.59. The quantitative estimate of drug-likeness (QED) is 0.584. The second-order valence-corrected chi connectivity index (χ2v) is 2.99. The third kappa shape index (κ3) is 2.05. The Morgan fingerprint density at radius 3 is 2.71 bits per heavy atom. The first-order valence-electron chi connectivity index (χ1n) is 4.62. The molecule has 1 aromatic rings. The molecule has 0 heterocycles. The molecule has 2 N–H and O–H groups in total. The van der Waals surface area contributed by atoms with Gasteiger partial charge in [0.05, 0.1) is 7.11 Å². The fourth-order valence-electron chi connectivity index (χ4n) is 1.34. The number of hydrogen-bond donors (Lipinski definition) is 1. The lowest BCUT2D eigenvalue weighted by molar-refractivity contribution is 0.410. The first-order valence-corrected chi connectivity index (χ1v) is 4.62. The molecule has 0 unspecified atom stereocenters. The van der Waals surface area contributed by atoms with E-state index >= 15 is 0 Å². The van der Waals surface area contributed by atoms with Crippen molar-refractivity contribution in [2.45, 2.75) is 13.3 Å². The van der Waals surface area contributed by atoms with Crippen LogP contribution in [0.4, 0.5) is 0 Å². The monoisotopic (exact) mass is 192 g/mol. The molecule has 0 saturated carbocycles. The molecule has 0 spiro atoms. The summed E-state index contributed by atoms with van der Waals surface area (Å²) < 4.78 is 5.22. The standard InChI is InChI=1S/C11H16N2O/c1-4-8-7-9(11(12)13-2)5-6-10(8)14-3/h5-7H,4H2,1-3H3,(H2,12,13). The van der Waals surface area contributed by atoms with E-state index in [2.05, 4.69) is 11.9 Å². The zero-order valence-corrected chi connectivity index (χ0v) is 8.87. The summed E-state index contributed by atoms with van der Waals surface area (Å²) in [6, 6.07) is 5.85. The highest BCUT2D eigenvalue weighted by molar-refractivity contribution is 5.97. The molecule has 0 atom stereocenters. The Kier molecular flexibility index (Phi) is 3.51. The van der Waals surface area contributed by atoms with Crippen molar-refractivity contribution < 1.29 is 4.74 Å². The second-order valence-electron chi connectivity index (χ2n) is 2.99. The fraction of sp³-hybridized carbons (Fsp3) is 0.364. The van der Waals surface area contributed by atoms with Gasteiger partial charge in [-0.05, 0) is 30.2 Å². The van der Waals surface area contributed by atoms with Crippen LogP contribution in [0, 0.1) is 0 Å². The van der Waals surface area contributed by atoms with E-state index in [1.807, 2.05) is 18.2 Å². The van der Waals surface area contributed by atoms with E-state index in [0.717, 1.165) is 23.3 Å². The highest BCUT2D eigenvalue weighted by Crippen LogP contribution is 2.20. The van der Waals surface area contributed by atoms with Crippen LogP contribution in [0.2, 0.25) is 0 Å². The smallest absolute Gasteiger partial charge is 0.125 e. The normalized spacial score (nSPS) is 11.5. The molecule has 0 fully saturated rings. The largest absolute Gasteiger partial charge is 0.496 e. The first-order chi connectivity index (χ1) is 6.72. The van der Waals surface area contributed by atoms with Crippen molar-refractivity contribution in [2.24, 2.45) is 10.7 Å². The van der Waals surface area contributed by atoms with Crippen LogP contribution in [0.25, 0.3) is 0 Å². The van der Waals surface area contributed by atoms with E-state index in [1.165, 1.54) is 0 Å². The van der Waals surface area contributed by atoms with Gasteiger partial charge >= 0.3 is 0 Å². The van der Waals surface area contributed by atoms with Gasteiger partial charge in [-0.25, -0.2) is 0 Å². The number of nitrogens with zero attached hydrogens (tertiary/aromatic N) is 1. The molecule has 0 aliphatic heterocycles. The highest BCUT2D eigenvalue weighted by Gasteiger charge is 2.04. The van der Waals surface area contributed by atoms with Gasteiger partial charge in [0.15, 0.2) is 0 Å². The Morgan fingerprint density at radius 2 is 2.21 bits per heavy atom. The van der Waals surface area contributed by atoms with Crippen LogP contribution in [-0.2, 0) is 6.42 Å². The molecule has 1 rings (SSSR count). The number of amidine groups is 1. The fourth-order valence-corrected chi connectivity index (χ4v) is 1.34. The summed E-state index contributed by atoms with van der Waals surface area (Å²) in [7, 11) is 3.36. The second kappa shape index (κ2) is 4.65. The molecule has 14 heavy (non-hydrogen) atoms. The summed E-state index contributed by atoms with van der Waals surface area (Å²) in [6.07, 6.45) is 0.925. The van der Waals surface area contributed by atoms with E-state index in [0.29, 0.717) is 5.84 Å². The third-order valence-corrected chi connectivity index (χ3v) is 2.20. The molecule has 76 valence electrons. The van der Waals surface area contributed by atoms with Gasteiger partial charge in [0.1, 0.15) is 11.6 Å². The van der Waals surface area contributed by atoms with Crippen molar-refractivity contribution >= 4 is 5.84 Å². The van der Waals surface area contributed by atoms with Gasteiger partial charge in [-0.3, -0.25) is 4.99 Å². The number of hydrogen-bond acceptors (Lipinski definition) is 2. The van der Waals surface area contributed by atoms with Gasteiger partial charge in [0, 0.05) is 12.6 Å². The molecule has 1 aromatic carbocycles. The first kappa shape index (κ1) is 10.6. The van der Waals surface area contributed by atoms with Gasteiger partial charge in [0.25, 0.3) is 0 Å². The average molecular weight is 192 g/mol. The topological polar surface area (TPSA) is 47.6 Å². The lowest BCUT2D eigenvalue weighted by atomic mass is 10.1. The molecule has 0 aliphatic rings. The van der Waals surface area contributed by atoms with E-state index in [1.54, 1.807) is 14.2 Å². The third-order valence-electron chi connectivity index (χ3n) is 2.20. The number of nitrogens with two attached hydrogens (primary N) is 1. The maximum atomic E-state index is 5.72. The van der Waals surface area contributed by atoms with Crippen molar-refractivity contribution in [1.29, 1.82) is 0 Å². The molecule has 0 saturated heterocycles. The minimum Gasteiger partial charge on any atom is -0.496 e. The molecule has 0 aromatic heterocycles. The summed E-state index contributed by atoms with van der Waals surface area (Å²) in [5.74, 6) is 1.46. The Labute approximate surface area is 84.6 Å². The van der Waals surface area contributed by atoms with Crippen molar-refractivity contribution in [3.05, 3.63) is 29.3 Å². The molecular formula is C11H16N2O. The molecule has 3 nitrogen and oxygen atoms in total. The van der Waals surface area contributed by atoms with Crippen molar-refractivity contribution in [2.75, 3.05) is 14.2 Å². The molecule has 0 bridgehead atoms. The predicted molar refractivity (Wildman–Crippen MR) is 59.0 cm³/mol. The number of benzene rings is 1.